The molecule has 0 aliphatic rings. The quantitative estimate of drug-likeness (QED) is 0.652. The minimum absolute atomic E-state index is 0.138. The topological polar surface area (TPSA) is 88.1 Å². The summed E-state index contributed by atoms with van der Waals surface area (Å²) in [5, 5.41) is 10.1. The Bertz CT molecular complexity index is 1000. The maximum atomic E-state index is 13.2. The highest BCUT2D eigenvalue weighted by atomic mass is 19.1. The number of aromatic nitrogens is 3. The Morgan fingerprint density at radius 2 is 1.89 bits per heavy atom. The van der Waals surface area contributed by atoms with E-state index in [1.54, 1.807) is 13.0 Å². The second-order valence-electron chi connectivity index (χ2n) is 6.09. The van der Waals surface area contributed by atoms with Gasteiger partial charge in [0.05, 0.1) is 5.56 Å². The molecule has 0 aliphatic carbocycles. The smallest absolute Gasteiger partial charge is 0.258 e. The maximum Gasteiger partial charge on any atom is 0.258 e. The fourth-order valence-corrected chi connectivity index (χ4v) is 2.80. The van der Waals surface area contributed by atoms with E-state index in [1.165, 1.54) is 6.07 Å². The van der Waals surface area contributed by atoms with E-state index in [0.29, 0.717) is 12.3 Å². The lowest BCUT2D eigenvalue weighted by Gasteiger charge is -2.08. The van der Waals surface area contributed by atoms with Crippen molar-refractivity contribution in [2.24, 2.45) is 0 Å². The molecule has 6 nitrogen and oxygen atoms in total. The lowest BCUT2D eigenvalue weighted by atomic mass is 10.0. The molecule has 0 saturated carbocycles. The molecule has 2 N–H and O–H groups in total. The van der Waals surface area contributed by atoms with Crippen molar-refractivity contribution in [1.29, 1.82) is 0 Å². The van der Waals surface area contributed by atoms with Crippen molar-refractivity contribution in [2.75, 3.05) is 6.61 Å². The zero-order valence-electron chi connectivity index (χ0n) is 15.1. The molecule has 0 atom stereocenters. The van der Waals surface area contributed by atoms with Crippen molar-refractivity contribution in [3.8, 4) is 17.0 Å². The summed E-state index contributed by atoms with van der Waals surface area (Å²) >= 11 is 0. The summed E-state index contributed by atoms with van der Waals surface area (Å²) in [6, 6.07) is 10.5. The van der Waals surface area contributed by atoms with Gasteiger partial charge in [-0.25, -0.2) is 4.98 Å². The number of rotatable bonds is 6. The van der Waals surface area contributed by atoms with E-state index in [9.17, 15) is 14.3 Å². The highest BCUT2D eigenvalue weighted by molar-refractivity contribution is 5.65. The first-order valence-electron chi connectivity index (χ1n) is 8.59. The van der Waals surface area contributed by atoms with Gasteiger partial charge >= 0.3 is 0 Å². The van der Waals surface area contributed by atoms with Gasteiger partial charge in [-0.3, -0.25) is 4.79 Å². The van der Waals surface area contributed by atoms with Crippen LogP contribution in [-0.2, 0) is 17.8 Å². The third-order valence-corrected chi connectivity index (χ3v) is 4.18. The number of aromatic amines is 1. The normalized spacial score (nSPS) is 10.9. The van der Waals surface area contributed by atoms with Crippen LogP contribution in [0.25, 0.3) is 11.1 Å². The molecule has 0 fully saturated rings. The number of aryl methyl sites for hydroxylation is 1. The van der Waals surface area contributed by atoms with Gasteiger partial charge in [0.2, 0.25) is 11.8 Å². The average molecular weight is 369 g/mol. The fraction of sp³-hybridized carbons (Fsp3) is 0.250. The van der Waals surface area contributed by atoms with Crippen molar-refractivity contribution in [2.45, 2.75) is 26.9 Å². The molecular formula is C20H20FN3O3. The van der Waals surface area contributed by atoms with Crippen molar-refractivity contribution in [3.63, 3.8) is 0 Å². The van der Waals surface area contributed by atoms with Crippen LogP contribution < -0.4 is 5.56 Å². The van der Waals surface area contributed by atoms with Crippen LogP contribution in [0.5, 0.6) is 5.88 Å². The average Bonchev–Trinajstić information content (AvgIpc) is 2.64. The standard InChI is InChI=1S/C20H20FN3O3/c1-3-27-11-18-23-19(25)16(20(26)24-18)10-13-4-6-14(7-5-13)15-8-9-17(21)22-12(15)2/h4-9H,3,10-11H2,1-2H3,(H2,23,24,25,26). The minimum atomic E-state index is -0.511. The molecule has 0 amide bonds. The lowest BCUT2D eigenvalue weighted by Crippen LogP contribution is -2.17. The van der Waals surface area contributed by atoms with Crippen LogP contribution >= 0.6 is 0 Å². The first-order chi connectivity index (χ1) is 13.0. The van der Waals surface area contributed by atoms with Crippen LogP contribution in [0.15, 0.2) is 41.2 Å². The number of ether oxygens (including phenoxy) is 1. The van der Waals surface area contributed by atoms with Crippen LogP contribution in [0.4, 0.5) is 4.39 Å². The zero-order valence-corrected chi connectivity index (χ0v) is 15.1. The van der Waals surface area contributed by atoms with Crippen molar-refractivity contribution in [3.05, 3.63) is 75.3 Å². The molecule has 27 heavy (non-hydrogen) atoms. The molecule has 3 rings (SSSR count). The summed E-state index contributed by atoms with van der Waals surface area (Å²) in [5.41, 5.74) is 2.98. The van der Waals surface area contributed by atoms with Gasteiger partial charge in [0.1, 0.15) is 12.4 Å². The monoisotopic (exact) mass is 369 g/mol. The van der Waals surface area contributed by atoms with Crippen LogP contribution in [-0.4, -0.2) is 26.7 Å². The van der Waals surface area contributed by atoms with Crippen LogP contribution in [0, 0.1) is 12.9 Å². The Labute approximate surface area is 155 Å². The van der Waals surface area contributed by atoms with Crippen molar-refractivity contribution in [1.82, 2.24) is 15.0 Å². The first-order valence-corrected chi connectivity index (χ1v) is 8.59. The molecule has 3 aromatic rings. The van der Waals surface area contributed by atoms with Gasteiger partial charge in [0.25, 0.3) is 5.56 Å². The highest BCUT2D eigenvalue weighted by Gasteiger charge is 2.12. The van der Waals surface area contributed by atoms with Gasteiger partial charge in [-0.2, -0.15) is 9.37 Å². The molecule has 0 bridgehead atoms. The Balaban J connectivity index is 1.82. The summed E-state index contributed by atoms with van der Waals surface area (Å²) in [7, 11) is 0. The molecular weight excluding hydrogens is 349 g/mol. The first kappa shape index (κ1) is 18.7. The van der Waals surface area contributed by atoms with Gasteiger partial charge in [-0.05, 0) is 37.1 Å². The van der Waals surface area contributed by atoms with E-state index >= 15 is 0 Å². The van der Waals surface area contributed by atoms with E-state index in [1.807, 2.05) is 31.2 Å². The van der Waals surface area contributed by atoms with Gasteiger partial charge in [-0.15, -0.1) is 0 Å². The molecule has 140 valence electrons. The molecule has 0 radical (unpaired) electrons. The fourth-order valence-electron chi connectivity index (χ4n) is 2.80. The molecule has 0 aliphatic heterocycles. The third kappa shape index (κ3) is 4.38. The number of H-pyrrole nitrogens is 1. The molecule has 0 saturated heterocycles. The summed E-state index contributed by atoms with van der Waals surface area (Å²) in [6.07, 6.45) is 0.240. The van der Waals surface area contributed by atoms with Crippen molar-refractivity contribution < 1.29 is 14.2 Å². The van der Waals surface area contributed by atoms with E-state index in [-0.39, 0.29) is 35.9 Å². The number of pyridine rings is 1. The van der Waals surface area contributed by atoms with E-state index in [0.717, 1.165) is 16.7 Å². The molecule has 0 unspecified atom stereocenters. The van der Waals surface area contributed by atoms with Gasteiger partial charge in [-0.1, -0.05) is 24.3 Å². The molecule has 2 heterocycles. The maximum absolute atomic E-state index is 13.2. The Morgan fingerprint density at radius 3 is 2.52 bits per heavy atom. The highest BCUT2D eigenvalue weighted by Crippen LogP contribution is 2.24. The van der Waals surface area contributed by atoms with Gasteiger partial charge < -0.3 is 14.8 Å². The summed E-state index contributed by atoms with van der Waals surface area (Å²) in [4.78, 5) is 22.7. The van der Waals surface area contributed by atoms with Gasteiger partial charge in [0.15, 0.2) is 0 Å². The Hall–Kier alpha value is -3.06. The SMILES string of the molecule is CCOCc1nc(O)c(Cc2ccc(-c3ccc(F)nc3C)cc2)c(=O)[nH]1. The predicted molar refractivity (Wildman–Crippen MR) is 99.0 cm³/mol. The van der Waals surface area contributed by atoms with Gasteiger partial charge in [0, 0.05) is 24.3 Å². The van der Waals surface area contributed by atoms with Crippen LogP contribution in [0.2, 0.25) is 0 Å². The molecule has 7 heteroatoms. The zero-order chi connectivity index (χ0) is 19.4. The number of aromatic hydroxyl groups is 1. The van der Waals surface area contributed by atoms with Crippen LogP contribution in [0.3, 0.4) is 0 Å². The Kier molecular flexibility index (Phi) is 5.61. The molecule has 2 aromatic heterocycles. The number of hydrogen-bond donors (Lipinski definition) is 2. The number of benzene rings is 1. The Morgan fingerprint density at radius 1 is 1.15 bits per heavy atom. The molecule has 1 aromatic carbocycles. The van der Waals surface area contributed by atoms with Crippen molar-refractivity contribution >= 4 is 0 Å². The largest absolute Gasteiger partial charge is 0.493 e. The number of nitrogens with one attached hydrogen (secondary N) is 1. The summed E-state index contributed by atoms with van der Waals surface area (Å²) < 4.78 is 18.3. The number of halogens is 1. The molecule has 0 spiro atoms. The van der Waals surface area contributed by atoms with E-state index in [2.05, 4.69) is 15.0 Å². The number of hydrogen-bond acceptors (Lipinski definition) is 5. The van der Waals surface area contributed by atoms with Crippen LogP contribution in [0.1, 0.15) is 29.6 Å². The van der Waals surface area contributed by atoms with E-state index in [4.69, 9.17) is 4.74 Å². The third-order valence-electron chi connectivity index (χ3n) is 4.18. The lowest BCUT2D eigenvalue weighted by molar-refractivity contribution is 0.127. The van der Waals surface area contributed by atoms with E-state index < -0.39 is 5.95 Å². The summed E-state index contributed by atoms with van der Waals surface area (Å²) in [6.45, 7) is 4.21. The second-order valence-corrected chi connectivity index (χ2v) is 6.09. The second kappa shape index (κ2) is 8.09. The minimum Gasteiger partial charge on any atom is -0.493 e. The number of nitrogens with zero attached hydrogens (tertiary/aromatic N) is 2. The predicted octanol–water partition coefficient (Wildman–Crippen LogP) is 3.11. The summed E-state index contributed by atoms with van der Waals surface area (Å²) in [5.74, 6) is -0.517.